The molecule has 0 saturated heterocycles. The molecule has 0 aromatic heterocycles. The first-order chi connectivity index (χ1) is 9.20. The Balaban J connectivity index is 2.08. The van der Waals surface area contributed by atoms with Gasteiger partial charge in [0.1, 0.15) is 5.78 Å². The normalized spacial score (nSPS) is 10.4. The highest BCUT2D eigenvalue weighted by atomic mass is 35.5. The highest BCUT2D eigenvalue weighted by Gasteiger charge is 2.09. The molecule has 0 aliphatic rings. The van der Waals surface area contributed by atoms with Crippen LogP contribution in [-0.4, -0.2) is 5.78 Å². The van der Waals surface area contributed by atoms with E-state index in [1.807, 2.05) is 42.5 Å². The number of halogens is 1. The van der Waals surface area contributed by atoms with Crippen molar-refractivity contribution in [3.05, 3.63) is 70.2 Å². The Morgan fingerprint density at radius 1 is 0.895 bits per heavy atom. The first kappa shape index (κ1) is 13.8. The summed E-state index contributed by atoms with van der Waals surface area (Å²) in [7, 11) is 0. The van der Waals surface area contributed by atoms with Crippen molar-refractivity contribution in [1.29, 1.82) is 0 Å². The average Bonchev–Trinajstić information content (AvgIpc) is 2.42. The van der Waals surface area contributed by atoms with Crippen LogP contribution >= 0.6 is 11.6 Å². The van der Waals surface area contributed by atoms with Crippen LogP contribution in [-0.2, 0) is 24.2 Å². The first-order valence-electron chi connectivity index (χ1n) is 6.22. The van der Waals surface area contributed by atoms with Gasteiger partial charge in [-0.25, -0.2) is 0 Å². The Morgan fingerprint density at radius 2 is 1.42 bits per heavy atom. The maximum Gasteiger partial charge on any atom is 0.141 e. The molecule has 2 rings (SSSR count). The van der Waals surface area contributed by atoms with E-state index in [2.05, 4.69) is 0 Å². The quantitative estimate of drug-likeness (QED) is 0.909. The highest BCUT2D eigenvalue weighted by molar-refractivity contribution is 6.31. The molecular weight excluding hydrogens is 258 g/mol. The van der Waals surface area contributed by atoms with Gasteiger partial charge in [-0.2, -0.15) is 0 Å². The van der Waals surface area contributed by atoms with Gasteiger partial charge in [0, 0.05) is 24.4 Å². The molecule has 2 aromatic carbocycles. The zero-order chi connectivity index (χ0) is 13.7. The minimum atomic E-state index is 0.147. The molecule has 0 radical (unpaired) electrons. The Bertz CT molecular complexity index is 580. The number of benzene rings is 2. The standard InChI is InChI=1S/C16H16ClNO/c17-16-8-4-3-6-13(16)10-15(19)9-12-5-1-2-7-14(12)11-18/h1-8H,9-11,18H2. The SMILES string of the molecule is NCc1ccccc1CC(=O)Cc1ccccc1Cl. The van der Waals surface area contributed by atoms with E-state index < -0.39 is 0 Å². The minimum Gasteiger partial charge on any atom is -0.326 e. The summed E-state index contributed by atoms with van der Waals surface area (Å²) in [6.45, 7) is 0.454. The lowest BCUT2D eigenvalue weighted by atomic mass is 9.99. The van der Waals surface area contributed by atoms with Gasteiger partial charge < -0.3 is 5.73 Å². The highest BCUT2D eigenvalue weighted by Crippen LogP contribution is 2.17. The first-order valence-corrected chi connectivity index (χ1v) is 6.60. The summed E-state index contributed by atoms with van der Waals surface area (Å²) in [6.07, 6.45) is 0.761. The van der Waals surface area contributed by atoms with E-state index in [1.54, 1.807) is 6.07 Å². The smallest absolute Gasteiger partial charge is 0.141 e. The second-order valence-corrected chi connectivity index (χ2v) is 4.86. The largest absolute Gasteiger partial charge is 0.326 e. The van der Waals surface area contributed by atoms with Crippen molar-refractivity contribution >= 4 is 17.4 Å². The van der Waals surface area contributed by atoms with Gasteiger partial charge in [-0.05, 0) is 22.8 Å². The lowest BCUT2D eigenvalue weighted by Gasteiger charge is -2.07. The maximum absolute atomic E-state index is 12.1. The molecule has 0 amide bonds. The van der Waals surface area contributed by atoms with Crippen molar-refractivity contribution in [3.8, 4) is 0 Å². The molecule has 0 unspecified atom stereocenters. The topological polar surface area (TPSA) is 43.1 Å². The number of carbonyl (C=O) groups excluding carboxylic acids is 1. The Kier molecular flexibility index (Phi) is 4.72. The summed E-state index contributed by atoms with van der Waals surface area (Å²) in [5.41, 5.74) is 8.57. The molecule has 0 fully saturated rings. The molecule has 98 valence electrons. The van der Waals surface area contributed by atoms with E-state index in [1.165, 1.54) is 0 Å². The zero-order valence-corrected chi connectivity index (χ0v) is 11.4. The Labute approximate surface area is 118 Å². The number of hydrogen-bond donors (Lipinski definition) is 1. The monoisotopic (exact) mass is 273 g/mol. The van der Waals surface area contributed by atoms with E-state index >= 15 is 0 Å². The number of nitrogens with two attached hydrogens (primary N) is 1. The van der Waals surface area contributed by atoms with Crippen molar-refractivity contribution in [2.45, 2.75) is 19.4 Å². The fourth-order valence-corrected chi connectivity index (χ4v) is 2.26. The third-order valence-corrected chi connectivity index (χ3v) is 3.44. The molecule has 0 saturated carbocycles. The molecule has 19 heavy (non-hydrogen) atoms. The molecule has 2 nitrogen and oxygen atoms in total. The van der Waals surface area contributed by atoms with Crippen LogP contribution in [0.3, 0.4) is 0 Å². The molecule has 0 heterocycles. The fraction of sp³-hybridized carbons (Fsp3) is 0.188. The van der Waals surface area contributed by atoms with Crippen molar-refractivity contribution in [3.63, 3.8) is 0 Å². The van der Waals surface area contributed by atoms with Crippen LogP contribution in [0.1, 0.15) is 16.7 Å². The molecular formula is C16H16ClNO. The van der Waals surface area contributed by atoms with Crippen LogP contribution < -0.4 is 5.73 Å². The van der Waals surface area contributed by atoms with E-state index in [0.29, 0.717) is 24.4 Å². The lowest BCUT2D eigenvalue weighted by Crippen LogP contribution is -2.10. The van der Waals surface area contributed by atoms with Crippen molar-refractivity contribution < 1.29 is 4.79 Å². The third-order valence-electron chi connectivity index (χ3n) is 3.07. The van der Waals surface area contributed by atoms with Gasteiger partial charge >= 0.3 is 0 Å². The Morgan fingerprint density at radius 3 is 2.05 bits per heavy atom. The minimum absolute atomic E-state index is 0.147. The zero-order valence-electron chi connectivity index (χ0n) is 10.6. The van der Waals surface area contributed by atoms with Crippen LogP contribution in [0.25, 0.3) is 0 Å². The van der Waals surface area contributed by atoms with Crippen LogP contribution in [0.15, 0.2) is 48.5 Å². The number of carbonyl (C=O) groups is 1. The molecule has 0 bridgehead atoms. The van der Waals surface area contributed by atoms with Gasteiger partial charge in [0.2, 0.25) is 0 Å². The number of ketones is 1. The van der Waals surface area contributed by atoms with Gasteiger partial charge in [0.15, 0.2) is 0 Å². The van der Waals surface area contributed by atoms with Crippen LogP contribution in [0.5, 0.6) is 0 Å². The van der Waals surface area contributed by atoms with Gasteiger partial charge in [0.25, 0.3) is 0 Å². The van der Waals surface area contributed by atoms with Gasteiger partial charge in [-0.3, -0.25) is 4.79 Å². The van der Waals surface area contributed by atoms with Crippen LogP contribution in [0.2, 0.25) is 5.02 Å². The predicted molar refractivity (Wildman–Crippen MR) is 78.2 cm³/mol. The molecule has 0 aliphatic heterocycles. The summed E-state index contributed by atoms with van der Waals surface area (Å²) in [6, 6.07) is 15.2. The number of hydrogen-bond acceptors (Lipinski definition) is 2. The number of rotatable bonds is 5. The maximum atomic E-state index is 12.1. The second kappa shape index (κ2) is 6.50. The molecule has 0 atom stereocenters. The Hall–Kier alpha value is -1.64. The molecule has 0 aliphatic carbocycles. The van der Waals surface area contributed by atoms with Gasteiger partial charge in [0.05, 0.1) is 0 Å². The van der Waals surface area contributed by atoms with Crippen LogP contribution in [0.4, 0.5) is 0 Å². The molecule has 2 aromatic rings. The molecule has 3 heteroatoms. The second-order valence-electron chi connectivity index (χ2n) is 4.46. The van der Waals surface area contributed by atoms with E-state index in [0.717, 1.165) is 16.7 Å². The van der Waals surface area contributed by atoms with E-state index in [9.17, 15) is 4.79 Å². The van der Waals surface area contributed by atoms with Crippen LogP contribution in [0, 0.1) is 0 Å². The molecule has 0 spiro atoms. The predicted octanol–water partition coefficient (Wildman–Crippen LogP) is 3.15. The summed E-state index contributed by atoms with van der Waals surface area (Å²) in [5.74, 6) is 0.147. The van der Waals surface area contributed by atoms with Crippen molar-refractivity contribution in [1.82, 2.24) is 0 Å². The third kappa shape index (κ3) is 3.66. The summed E-state index contributed by atoms with van der Waals surface area (Å²) in [4.78, 5) is 12.1. The average molecular weight is 274 g/mol. The van der Waals surface area contributed by atoms with E-state index in [4.69, 9.17) is 17.3 Å². The summed E-state index contributed by atoms with van der Waals surface area (Å²) < 4.78 is 0. The molecule has 2 N–H and O–H groups in total. The van der Waals surface area contributed by atoms with Gasteiger partial charge in [-0.15, -0.1) is 0 Å². The lowest BCUT2D eigenvalue weighted by molar-refractivity contribution is -0.117. The summed E-state index contributed by atoms with van der Waals surface area (Å²) in [5, 5.41) is 0.642. The van der Waals surface area contributed by atoms with Crippen molar-refractivity contribution in [2.24, 2.45) is 5.73 Å². The van der Waals surface area contributed by atoms with Gasteiger partial charge in [-0.1, -0.05) is 54.1 Å². The number of Topliss-reactive ketones (excluding diaryl/α,β-unsaturated/α-hetero) is 1. The summed E-state index contributed by atoms with van der Waals surface area (Å²) >= 11 is 6.06. The van der Waals surface area contributed by atoms with E-state index in [-0.39, 0.29) is 5.78 Å². The van der Waals surface area contributed by atoms with Crippen molar-refractivity contribution in [2.75, 3.05) is 0 Å². The fourth-order valence-electron chi connectivity index (χ4n) is 2.06.